The van der Waals surface area contributed by atoms with Gasteiger partial charge in [-0.1, -0.05) is 24.3 Å². The molecule has 1 amide bonds. The smallest absolute Gasteiger partial charge is 0.255 e. The Morgan fingerprint density at radius 3 is 2.54 bits per heavy atom. The molecular formula is C27H22FN7OS. The molecule has 6 rings (SSSR count). The highest BCUT2D eigenvalue weighted by Gasteiger charge is 2.22. The van der Waals surface area contributed by atoms with Gasteiger partial charge in [0, 0.05) is 43.6 Å². The first kappa shape index (κ1) is 23.0. The van der Waals surface area contributed by atoms with Gasteiger partial charge in [-0.15, -0.1) is 11.3 Å². The lowest BCUT2D eigenvalue weighted by Crippen LogP contribution is -2.48. The Bertz CT molecular complexity index is 1550. The fourth-order valence-electron chi connectivity index (χ4n) is 4.33. The number of carbonyl (C=O) groups excluding carboxylic acids is 1. The van der Waals surface area contributed by atoms with Gasteiger partial charge in [0.05, 0.1) is 27.5 Å². The summed E-state index contributed by atoms with van der Waals surface area (Å²) in [7, 11) is 0. The third-order valence-corrected chi connectivity index (χ3v) is 7.10. The molecule has 0 radical (unpaired) electrons. The van der Waals surface area contributed by atoms with Crippen LogP contribution in [0, 0.1) is 5.82 Å². The number of hydrogen-bond acceptors (Lipinski definition) is 8. The predicted molar refractivity (Wildman–Crippen MR) is 143 cm³/mol. The average Bonchev–Trinajstić information content (AvgIpc) is 3.43. The number of piperazine rings is 1. The minimum atomic E-state index is -0.526. The number of aromatic nitrogens is 4. The lowest BCUT2D eigenvalue weighted by molar-refractivity contribution is 0.0746. The number of rotatable bonds is 5. The van der Waals surface area contributed by atoms with Crippen LogP contribution in [0.4, 0.5) is 21.8 Å². The largest absolute Gasteiger partial charge is 0.368 e. The zero-order valence-electron chi connectivity index (χ0n) is 19.7. The summed E-state index contributed by atoms with van der Waals surface area (Å²) >= 11 is 1.52. The monoisotopic (exact) mass is 511 g/mol. The van der Waals surface area contributed by atoms with Crippen LogP contribution >= 0.6 is 11.3 Å². The Morgan fingerprint density at radius 1 is 0.919 bits per heavy atom. The molecule has 5 aromatic rings. The maximum Gasteiger partial charge on any atom is 0.255 e. The van der Waals surface area contributed by atoms with Crippen molar-refractivity contribution in [2.75, 3.05) is 36.4 Å². The van der Waals surface area contributed by atoms with Crippen molar-refractivity contribution in [3.8, 4) is 11.3 Å². The van der Waals surface area contributed by atoms with Crippen LogP contribution in [-0.4, -0.2) is 56.9 Å². The fraction of sp³-hybridized carbons (Fsp3) is 0.148. The molecule has 1 saturated heterocycles. The standard InChI is InChI=1S/C27H22FN7OS/c28-21-16-30-27(33-25(21)18-6-8-23-22(14-18)31-17-37-23)32-24-9-7-19(15-29-24)26(36)35-12-10-34(11-13-35)20-4-2-1-3-5-20/h1-9,14-17H,10-13H2,(H,29,30,32,33). The first-order valence-corrected chi connectivity index (χ1v) is 12.7. The number of carbonyl (C=O) groups is 1. The van der Waals surface area contributed by atoms with Crippen molar-refractivity contribution >= 4 is 44.9 Å². The van der Waals surface area contributed by atoms with Crippen molar-refractivity contribution in [3.05, 3.63) is 89.9 Å². The zero-order valence-corrected chi connectivity index (χ0v) is 20.5. The Kier molecular flexibility index (Phi) is 6.15. The summed E-state index contributed by atoms with van der Waals surface area (Å²) in [5, 5.41) is 3.00. The molecule has 1 aliphatic heterocycles. The number of pyridine rings is 1. The molecule has 1 aliphatic rings. The second-order valence-electron chi connectivity index (χ2n) is 8.60. The van der Waals surface area contributed by atoms with Crippen molar-refractivity contribution in [2.45, 2.75) is 0 Å². The first-order chi connectivity index (χ1) is 18.1. The molecular weight excluding hydrogens is 489 g/mol. The Labute approximate surface area is 216 Å². The van der Waals surface area contributed by atoms with E-state index in [1.54, 1.807) is 23.7 Å². The predicted octanol–water partition coefficient (Wildman–Crippen LogP) is 4.99. The van der Waals surface area contributed by atoms with Crippen molar-refractivity contribution in [2.24, 2.45) is 0 Å². The first-order valence-electron chi connectivity index (χ1n) is 11.8. The van der Waals surface area contributed by atoms with E-state index in [2.05, 4.69) is 42.3 Å². The third kappa shape index (κ3) is 4.83. The van der Waals surface area contributed by atoms with Gasteiger partial charge in [0.15, 0.2) is 5.82 Å². The fourth-order valence-corrected chi connectivity index (χ4v) is 4.99. The van der Waals surface area contributed by atoms with Gasteiger partial charge in [0.25, 0.3) is 5.91 Å². The molecule has 8 nitrogen and oxygen atoms in total. The average molecular weight is 512 g/mol. The van der Waals surface area contributed by atoms with Crippen LogP contribution in [0.3, 0.4) is 0 Å². The second kappa shape index (κ2) is 9.90. The molecule has 0 saturated carbocycles. The molecule has 2 aromatic carbocycles. The quantitative estimate of drug-likeness (QED) is 0.356. The van der Waals surface area contributed by atoms with Gasteiger partial charge in [0.2, 0.25) is 5.95 Å². The van der Waals surface area contributed by atoms with Crippen molar-refractivity contribution in [1.29, 1.82) is 0 Å². The van der Waals surface area contributed by atoms with Crippen LogP contribution in [0.15, 0.2) is 78.6 Å². The van der Waals surface area contributed by atoms with Crippen LogP contribution in [0.25, 0.3) is 21.5 Å². The number of amides is 1. The highest BCUT2D eigenvalue weighted by Crippen LogP contribution is 2.27. The number of halogens is 1. The lowest BCUT2D eigenvalue weighted by Gasteiger charge is -2.36. The number of benzene rings is 2. The Hall–Kier alpha value is -4.44. The molecule has 184 valence electrons. The van der Waals surface area contributed by atoms with E-state index in [1.165, 1.54) is 23.2 Å². The summed E-state index contributed by atoms with van der Waals surface area (Å²) in [6.45, 7) is 2.85. The highest BCUT2D eigenvalue weighted by atomic mass is 32.1. The summed E-state index contributed by atoms with van der Waals surface area (Å²) in [6.07, 6.45) is 2.66. The van der Waals surface area contributed by atoms with E-state index >= 15 is 0 Å². The van der Waals surface area contributed by atoms with Crippen molar-refractivity contribution in [1.82, 2.24) is 24.8 Å². The number of thiazole rings is 1. The third-order valence-electron chi connectivity index (χ3n) is 6.29. The molecule has 1 fully saturated rings. The molecule has 0 bridgehead atoms. The molecule has 37 heavy (non-hydrogen) atoms. The number of anilines is 3. The van der Waals surface area contributed by atoms with E-state index in [1.807, 2.05) is 35.2 Å². The SMILES string of the molecule is O=C(c1ccc(Nc2ncc(F)c(-c3ccc4scnc4c3)n2)nc1)N1CCN(c2ccccc2)CC1. The van der Waals surface area contributed by atoms with E-state index in [0.717, 1.165) is 29.5 Å². The maximum atomic E-state index is 14.5. The topological polar surface area (TPSA) is 87.1 Å². The van der Waals surface area contributed by atoms with Crippen LogP contribution in [-0.2, 0) is 0 Å². The zero-order chi connectivity index (χ0) is 25.2. The number of para-hydroxylation sites is 1. The molecule has 0 unspecified atom stereocenters. The Morgan fingerprint density at radius 2 is 1.76 bits per heavy atom. The Balaban J connectivity index is 1.12. The van der Waals surface area contributed by atoms with Gasteiger partial charge >= 0.3 is 0 Å². The van der Waals surface area contributed by atoms with Gasteiger partial charge in [-0.05, 0) is 36.4 Å². The van der Waals surface area contributed by atoms with E-state index in [0.29, 0.717) is 30.0 Å². The molecule has 3 aromatic heterocycles. The second-order valence-corrected chi connectivity index (χ2v) is 9.48. The number of nitrogens with one attached hydrogen (secondary N) is 1. The van der Waals surface area contributed by atoms with Crippen molar-refractivity contribution in [3.63, 3.8) is 0 Å². The summed E-state index contributed by atoms with van der Waals surface area (Å²) in [6, 6.07) is 19.1. The number of hydrogen-bond donors (Lipinski definition) is 1. The summed E-state index contributed by atoms with van der Waals surface area (Å²) in [5.74, 6) is 0.0854. The minimum absolute atomic E-state index is 0.0514. The highest BCUT2D eigenvalue weighted by molar-refractivity contribution is 7.16. The molecule has 1 N–H and O–H groups in total. The van der Waals surface area contributed by atoms with Gasteiger partial charge in [-0.3, -0.25) is 4.79 Å². The summed E-state index contributed by atoms with van der Waals surface area (Å²) < 4.78 is 15.5. The van der Waals surface area contributed by atoms with Gasteiger partial charge in [0.1, 0.15) is 11.5 Å². The van der Waals surface area contributed by atoms with E-state index in [-0.39, 0.29) is 17.5 Å². The lowest BCUT2D eigenvalue weighted by atomic mass is 10.1. The van der Waals surface area contributed by atoms with Crippen LogP contribution in [0.5, 0.6) is 0 Å². The summed E-state index contributed by atoms with van der Waals surface area (Å²) in [4.78, 5) is 34.2. The van der Waals surface area contributed by atoms with E-state index in [9.17, 15) is 9.18 Å². The van der Waals surface area contributed by atoms with Gasteiger partial charge < -0.3 is 15.1 Å². The van der Waals surface area contributed by atoms with E-state index < -0.39 is 5.82 Å². The van der Waals surface area contributed by atoms with Crippen LogP contribution in [0.1, 0.15) is 10.4 Å². The minimum Gasteiger partial charge on any atom is -0.368 e. The van der Waals surface area contributed by atoms with Crippen LogP contribution in [0.2, 0.25) is 0 Å². The summed E-state index contributed by atoms with van der Waals surface area (Å²) in [5.41, 5.74) is 5.01. The van der Waals surface area contributed by atoms with Crippen molar-refractivity contribution < 1.29 is 9.18 Å². The molecule has 0 aliphatic carbocycles. The molecule has 10 heteroatoms. The number of nitrogens with zero attached hydrogens (tertiary/aromatic N) is 6. The molecule has 0 spiro atoms. The molecule has 4 heterocycles. The van der Waals surface area contributed by atoms with Crippen LogP contribution < -0.4 is 10.2 Å². The maximum absolute atomic E-state index is 14.5. The van der Waals surface area contributed by atoms with E-state index in [4.69, 9.17) is 0 Å². The molecule has 0 atom stereocenters. The number of fused-ring (bicyclic) bond motifs is 1. The van der Waals surface area contributed by atoms with Gasteiger partial charge in [-0.2, -0.15) is 0 Å². The normalized spacial score (nSPS) is 13.6. The van der Waals surface area contributed by atoms with Gasteiger partial charge in [-0.25, -0.2) is 24.3 Å².